The fourth-order valence-corrected chi connectivity index (χ4v) is 2.11. The highest BCUT2D eigenvalue weighted by Gasteiger charge is 2.16. The fourth-order valence-electron chi connectivity index (χ4n) is 1.84. The molecule has 16 heavy (non-hydrogen) atoms. The third-order valence-corrected chi connectivity index (χ3v) is 3.11. The summed E-state index contributed by atoms with van der Waals surface area (Å²) < 4.78 is 1.06. The number of rotatable bonds is 5. The predicted octanol–water partition coefficient (Wildman–Crippen LogP) is 2.32. The van der Waals surface area contributed by atoms with Gasteiger partial charge in [-0.25, -0.2) is 0 Å². The van der Waals surface area contributed by atoms with Gasteiger partial charge in [-0.15, -0.1) is 0 Å². The van der Waals surface area contributed by atoms with E-state index in [0.29, 0.717) is 0 Å². The second-order valence-electron chi connectivity index (χ2n) is 3.86. The summed E-state index contributed by atoms with van der Waals surface area (Å²) in [6, 6.07) is 8.39. The highest BCUT2D eigenvalue weighted by atomic mass is 79.9. The van der Waals surface area contributed by atoms with E-state index in [1.54, 1.807) is 0 Å². The molecule has 1 amide bonds. The Morgan fingerprint density at radius 3 is 2.44 bits per heavy atom. The zero-order valence-electron chi connectivity index (χ0n) is 9.61. The smallest absolute Gasteiger partial charge is 0.231 e. The first-order valence-corrected chi connectivity index (χ1v) is 6.08. The number of carbonyl (C=O) groups excluding carboxylic acids is 1. The maximum Gasteiger partial charge on any atom is 0.231 e. The number of nitrogens with zero attached hydrogens (tertiary/aromatic N) is 1. The molecule has 1 rings (SSSR count). The van der Waals surface area contributed by atoms with E-state index in [-0.39, 0.29) is 18.5 Å². The number of halogens is 1. The van der Waals surface area contributed by atoms with Gasteiger partial charge < -0.3 is 5.73 Å². The number of nitrogens with two attached hydrogens (primary N) is 1. The molecule has 1 unspecified atom stereocenters. The number of primary amides is 1. The Labute approximate surface area is 105 Å². The van der Waals surface area contributed by atoms with Crippen molar-refractivity contribution in [1.82, 2.24) is 4.90 Å². The van der Waals surface area contributed by atoms with Gasteiger partial charge in [-0.3, -0.25) is 9.69 Å². The normalized spacial score (nSPS) is 12.8. The zero-order chi connectivity index (χ0) is 12.1. The summed E-state index contributed by atoms with van der Waals surface area (Å²) in [7, 11) is 1.92. The molecule has 0 aromatic heterocycles. The largest absolute Gasteiger partial charge is 0.369 e. The minimum absolute atomic E-state index is 0.237. The molecule has 0 bridgehead atoms. The van der Waals surface area contributed by atoms with Crippen molar-refractivity contribution in [1.29, 1.82) is 0 Å². The summed E-state index contributed by atoms with van der Waals surface area (Å²) >= 11 is 3.41. The molecule has 1 aromatic rings. The second-order valence-corrected chi connectivity index (χ2v) is 4.77. The summed E-state index contributed by atoms with van der Waals surface area (Å²) in [6.45, 7) is 2.39. The van der Waals surface area contributed by atoms with E-state index in [4.69, 9.17) is 5.73 Å². The number of benzene rings is 1. The van der Waals surface area contributed by atoms with E-state index in [1.165, 1.54) is 5.56 Å². The standard InChI is InChI=1S/C12H17BrN2O/c1-3-11(15(2)8-12(14)16)9-4-6-10(13)7-5-9/h4-7,11H,3,8H2,1-2H3,(H2,14,16). The Balaban J connectivity index is 2.81. The minimum Gasteiger partial charge on any atom is -0.369 e. The van der Waals surface area contributed by atoms with Crippen LogP contribution in [-0.2, 0) is 4.79 Å². The van der Waals surface area contributed by atoms with Crippen molar-refractivity contribution < 1.29 is 4.79 Å². The summed E-state index contributed by atoms with van der Waals surface area (Å²) in [5.41, 5.74) is 6.40. The number of amides is 1. The molecule has 0 saturated heterocycles. The third kappa shape index (κ3) is 3.61. The van der Waals surface area contributed by atoms with Gasteiger partial charge in [0.1, 0.15) is 0 Å². The quantitative estimate of drug-likeness (QED) is 0.902. The summed E-state index contributed by atoms with van der Waals surface area (Å²) in [5.74, 6) is -0.293. The van der Waals surface area contributed by atoms with Crippen LogP contribution in [0.15, 0.2) is 28.7 Å². The minimum atomic E-state index is -0.293. The van der Waals surface area contributed by atoms with Crippen molar-refractivity contribution in [2.75, 3.05) is 13.6 Å². The molecule has 1 atom stereocenters. The Hall–Kier alpha value is -0.870. The number of hydrogen-bond donors (Lipinski definition) is 1. The first-order chi connectivity index (χ1) is 7.54. The predicted molar refractivity (Wildman–Crippen MR) is 69.0 cm³/mol. The Bertz CT molecular complexity index is 351. The second kappa shape index (κ2) is 6.01. The van der Waals surface area contributed by atoms with Crippen molar-refractivity contribution in [2.45, 2.75) is 19.4 Å². The SMILES string of the molecule is CCC(c1ccc(Br)cc1)N(C)CC(N)=O. The Morgan fingerprint density at radius 1 is 1.44 bits per heavy atom. The lowest BCUT2D eigenvalue weighted by molar-refractivity contribution is -0.119. The zero-order valence-corrected chi connectivity index (χ0v) is 11.2. The molecule has 0 aliphatic rings. The van der Waals surface area contributed by atoms with Gasteiger partial charge in [0.2, 0.25) is 5.91 Å². The highest BCUT2D eigenvalue weighted by Crippen LogP contribution is 2.23. The van der Waals surface area contributed by atoms with Gasteiger partial charge in [-0.2, -0.15) is 0 Å². The van der Waals surface area contributed by atoms with Crippen molar-refractivity contribution in [3.05, 3.63) is 34.3 Å². The van der Waals surface area contributed by atoms with Crippen LogP contribution >= 0.6 is 15.9 Å². The van der Waals surface area contributed by atoms with Gasteiger partial charge in [0.15, 0.2) is 0 Å². The Kier molecular flexibility index (Phi) is 4.96. The topological polar surface area (TPSA) is 46.3 Å². The van der Waals surface area contributed by atoms with E-state index < -0.39 is 0 Å². The van der Waals surface area contributed by atoms with Crippen LogP contribution in [-0.4, -0.2) is 24.4 Å². The number of likely N-dealkylation sites (N-methyl/N-ethyl adjacent to an activating group) is 1. The first-order valence-electron chi connectivity index (χ1n) is 5.28. The highest BCUT2D eigenvalue weighted by molar-refractivity contribution is 9.10. The molecule has 0 aliphatic carbocycles. The van der Waals surface area contributed by atoms with Crippen LogP contribution in [0.2, 0.25) is 0 Å². The van der Waals surface area contributed by atoms with Crippen LogP contribution in [0.4, 0.5) is 0 Å². The van der Waals surface area contributed by atoms with Crippen LogP contribution in [0, 0.1) is 0 Å². The molecular formula is C12H17BrN2O. The molecule has 0 aliphatic heterocycles. The lowest BCUT2D eigenvalue weighted by Gasteiger charge is -2.26. The average molecular weight is 285 g/mol. The van der Waals surface area contributed by atoms with Gasteiger partial charge >= 0.3 is 0 Å². The van der Waals surface area contributed by atoms with Crippen LogP contribution in [0.3, 0.4) is 0 Å². The van der Waals surface area contributed by atoms with Crippen molar-refractivity contribution in [3.8, 4) is 0 Å². The van der Waals surface area contributed by atoms with Crippen LogP contribution in [0.5, 0.6) is 0 Å². The number of hydrogen-bond acceptors (Lipinski definition) is 2. The summed E-state index contributed by atoms with van der Waals surface area (Å²) in [5, 5.41) is 0. The molecular weight excluding hydrogens is 268 g/mol. The van der Waals surface area contributed by atoms with Crippen LogP contribution < -0.4 is 5.73 Å². The van der Waals surface area contributed by atoms with Gasteiger partial charge in [0, 0.05) is 10.5 Å². The molecule has 2 N–H and O–H groups in total. The number of carbonyl (C=O) groups is 1. The van der Waals surface area contributed by atoms with Gasteiger partial charge in [0.05, 0.1) is 6.54 Å². The summed E-state index contributed by atoms with van der Waals surface area (Å²) in [6.07, 6.45) is 0.950. The van der Waals surface area contributed by atoms with Crippen molar-refractivity contribution in [2.24, 2.45) is 5.73 Å². The molecule has 0 heterocycles. The van der Waals surface area contributed by atoms with E-state index >= 15 is 0 Å². The van der Waals surface area contributed by atoms with Gasteiger partial charge in [0.25, 0.3) is 0 Å². The van der Waals surface area contributed by atoms with E-state index in [0.717, 1.165) is 10.9 Å². The molecule has 0 saturated carbocycles. The molecule has 3 nitrogen and oxygen atoms in total. The molecule has 88 valence electrons. The summed E-state index contributed by atoms with van der Waals surface area (Å²) in [4.78, 5) is 12.9. The molecule has 4 heteroatoms. The molecule has 0 spiro atoms. The average Bonchev–Trinajstić information content (AvgIpc) is 2.21. The third-order valence-electron chi connectivity index (χ3n) is 2.58. The maximum atomic E-state index is 10.9. The lowest BCUT2D eigenvalue weighted by Crippen LogP contribution is -2.33. The van der Waals surface area contributed by atoms with Crippen molar-refractivity contribution >= 4 is 21.8 Å². The molecule has 1 aromatic carbocycles. The van der Waals surface area contributed by atoms with E-state index in [1.807, 2.05) is 24.1 Å². The van der Waals surface area contributed by atoms with Crippen LogP contribution in [0.25, 0.3) is 0 Å². The first kappa shape index (κ1) is 13.2. The van der Waals surface area contributed by atoms with E-state index in [9.17, 15) is 4.79 Å². The molecule has 0 radical (unpaired) electrons. The Morgan fingerprint density at radius 2 is 2.00 bits per heavy atom. The van der Waals surface area contributed by atoms with E-state index in [2.05, 4.69) is 35.0 Å². The van der Waals surface area contributed by atoms with Crippen molar-refractivity contribution in [3.63, 3.8) is 0 Å². The van der Waals surface area contributed by atoms with Gasteiger partial charge in [-0.05, 0) is 31.2 Å². The van der Waals surface area contributed by atoms with Crippen LogP contribution in [0.1, 0.15) is 24.9 Å². The maximum absolute atomic E-state index is 10.9. The lowest BCUT2D eigenvalue weighted by atomic mass is 10.0. The molecule has 0 fully saturated rings. The van der Waals surface area contributed by atoms with Gasteiger partial charge in [-0.1, -0.05) is 35.0 Å². The monoisotopic (exact) mass is 284 g/mol. The fraction of sp³-hybridized carbons (Fsp3) is 0.417.